The molecule has 1 unspecified atom stereocenters. The molecule has 0 spiro atoms. The van der Waals surface area contributed by atoms with E-state index in [4.69, 9.17) is 4.74 Å². The van der Waals surface area contributed by atoms with Crippen LogP contribution in [0.1, 0.15) is 11.3 Å². The smallest absolute Gasteiger partial charge is 0.266 e. The second-order valence-electron chi connectivity index (χ2n) is 4.73. The second-order valence-corrected chi connectivity index (χ2v) is 4.73. The predicted octanol–water partition coefficient (Wildman–Crippen LogP) is 1.30. The Morgan fingerprint density at radius 2 is 2.00 bits per heavy atom. The fourth-order valence-corrected chi connectivity index (χ4v) is 1.84. The van der Waals surface area contributed by atoms with Crippen LogP contribution in [-0.2, 0) is 6.54 Å². The maximum absolute atomic E-state index is 11.6. The van der Waals surface area contributed by atoms with E-state index in [2.05, 4.69) is 5.10 Å². The number of rotatable bonds is 5. The molecule has 0 amide bonds. The topological polar surface area (TPSA) is 64.4 Å². The third kappa shape index (κ3) is 3.68. The first-order valence-electron chi connectivity index (χ1n) is 6.47. The van der Waals surface area contributed by atoms with Gasteiger partial charge in [0, 0.05) is 6.07 Å². The van der Waals surface area contributed by atoms with Crippen LogP contribution in [0.3, 0.4) is 0 Å². The van der Waals surface area contributed by atoms with Crippen molar-refractivity contribution in [1.29, 1.82) is 0 Å². The van der Waals surface area contributed by atoms with E-state index in [-0.39, 0.29) is 18.7 Å². The van der Waals surface area contributed by atoms with Crippen LogP contribution in [0.5, 0.6) is 5.75 Å². The quantitative estimate of drug-likeness (QED) is 0.892. The number of aryl methyl sites for hydroxylation is 2. The van der Waals surface area contributed by atoms with Crippen LogP contribution in [0.2, 0.25) is 0 Å². The van der Waals surface area contributed by atoms with Crippen LogP contribution >= 0.6 is 0 Å². The Balaban J connectivity index is 1.96. The first-order chi connectivity index (χ1) is 9.56. The van der Waals surface area contributed by atoms with Crippen LogP contribution in [0, 0.1) is 13.8 Å². The highest BCUT2D eigenvalue weighted by molar-refractivity contribution is 5.31. The minimum absolute atomic E-state index is 0.117. The summed E-state index contributed by atoms with van der Waals surface area (Å²) in [4.78, 5) is 11.6. The lowest BCUT2D eigenvalue weighted by molar-refractivity contribution is 0.0875. The van der Waals surface area contributed by atoms with Gasteiger partial charge in [0.2, 0.25) is 0 Å². The molecule has 1 aromatic heterocycles. The zero-order valence-electron chi connectivity index (χ0n) is 11.6. The molecule has 2 rings (SSSR count). The van der Waals surface area contributed by atoms with E-state index < -0.39 is 6.10 Å². The largest absolute Gasteiger partial charge is 0.491 e. The summed E-state index contributed by atoms with van der Waals surface area (Å²) in [6, 6.07) is 10.7. The number of hydrogen-bond acceptors (Lipinski definition) is 4. The Hall–Kier alpha value is -2.14. The fourth-order valence-electron chi connectivity index (χ4n) is 1.84. The van der Waals surface area contributed by atoms with Crippen molar-refractivity contribution in [3.63, 3.8) is 0 Å². The minimum Gasteiger partial charge on any atom is -0.491 e. The van der Waals surface area contributed by atoms with Gasteiger partial charge in [-0.3, -0.25) is 4.79 Å². The highest BCUT2D eigenvalue weighted by atomic mass is 16.5. The summed E-state index contributed by atoms with van der Waals surface area (Å²) < 4.78 is 6.80. The lowest BCUT2D eigenvalue weighted by Gasteiger charge is -2.14. The molecule has 106 valence electrons. The number of aliphatic hydroxyl groups is 1. The summed E-state index contributed by atoms with van der Waals surface area (Å²) in [6.07, 6.45) is -0.790. The number of ether oxygens (including phenoxy) is 1. The van der Waals surface area contributed by atoms with Crippen LogP contribution in [0.4, 0.5) is 0 Å². The zero-order chi connectivity index (χ0) is 14.5. The fraction of sp³-hybridized carbons (Fsp3) is 0.333. The van der Waals surface area contributed by atoms with E-state index in [1.54, 1.807) is 13.0 Å². The Bertz CT molecular complexity index is 637. The minimum atomic E-state index is -0.790. The highest BCUT2D eigenvalue weighted by Gasteiger charge is 2.09. The standard InChI is InChI=1S/C15H18N2O3/c1-11-5-3-4-6-14(11)20-10-13(18)9-17-15(19)8-7-12(2)16-17/h3-8,13,18H,9-10H2,1-2H3. The Labute approximate surface area is 117 Å². The molecule has 2 aromatic rings. The van der Waals surface area contributed by atoms with Crippen LogP contribution < -0.4 is 10.3 Å². The van der Waals surface area contributed by atoms with Crippen LogP contribution in [0.15, 0.2) is 41.2 Å². The number of aliphatic hydroxyl groups excluding tert-OH is 1. The average Bonchev–Trinajstić information content (AvgIpc) is 2.42. The maximum atomic E-state index is 11.6. The van der Waals surface area contributed by atoms with Gasteiger partial charge in [0.15, 0.2) is 0 Å². The van der Waals surface area contributed by atoms with Gasteiger partial charge in [0.25, 0.3) is 5.56 Å². The van der Waals surface area contributed by atoms with E-state index in [1.807, 2.05) is 31.2 Å². The molecule has 0 aliphatic carbocycles. The molecular formula is C15H18N2O3. The van der Waals surface area contributed by atoms with Gasteiger partial charge in [-0.25, -0.2) is 4.68 Å². The van der Waals surface area contributed by atoms with E-state index in [1.165, 1.54) is 10.7 Å². The van der Waals surface area contributed by atoms with Crippen molar-refractivity contribution < 1.29 is 9.84 Å². The van der Waals surface area contributed by atoms with Gasteiger partial charge in [-0.2, -0.15) is 5.10 Å². The van der Waals surface area contributed by atoms with Gasteiger partial charge in [-0.1, -0.05) is 18.2 Å². The molecule has 1 aromatic carbocycles. The number of benzene rings is 1. The number of aromatic nitrogens is 2. The molecule has 0 saturated heterocycles. The predicted molar refractivity (Wildman–Crippen MR) is 75.9 cm³/mol. The summed E-state index contributed by atoms with van der Waals surface area (Å²) in [7, 11) is 0. The van der Waals surface area contributed by atoms with Crippen molar-refractivity contribution >= 4 is 0 Å². The van der Waals surface area contributed by atoms with Gasteiger partial charge in [0.1, 0.15) is 18.5 Å². The summed E-state index contributed by atoms with van der Waals surface area (Å²) in [5.41, 5.74) is 1.51. The van der Waals surface area contributed by atoms with Crippen molar-refractivity contribution in [3.05, 3.63) is 58.0 Å². The van der Waals surface area contributed by atoms with E-state index in [0.29, 0.717) is 0 Å². The van der Waals surface area contributed by atoms with E-state index in [9.17, 15) is 9.90 Å². The van der Waals surface area contributed by atoms with Crippen molar-refractivity contribution in [3.8, 4) is 5.75 Å². The normalized spacial score (nSPS) is 12.2. The van der Waals surface area contributed by atoms with Crippen molar-refractivity contribution in [2.45, 2.75) is 26.5 Å². The van der Waals surface area contributed by atoms with Crippen LogP contribution in [-0.4, -0.2) is 27.6 Å². The van der Waals surface area contributed by atoms with Gasteiger partial charge >= 0.3 is 0 Å². The number of nitrogens with zero attached hydrogens (tertiary/aromatic N) is 2. The van der Waals surface area contributed by atoms with Crippen molar-refractivity contribution in [2.24, 2.45) is 0 Å². The lowest BCUT2D eigenvalue weighted by atomic mass is 10.2. The monoisotopic (exact) mass is 274 g/mol. The average molecular weight is 274 g/mol. The second kappa shape index (κ2) is 6.34. The summed E-state index contributed by atoms with van der Waals surface area (Å²) >= 11 is 0. The molecule has 1 atom stereocenters. The molecule has 0 radical (unpaired) electrons. The van der Waals surface area contributed by atoms with Crippen molar-refractivity contribution in [2.75, 3.05) is 6.61 Å². The molecule has 0 aliphatic rings. The molecule has 0 saturated carbocycles. The number of para-hydroxylation sites is 1. The summed E-state index contributed by atoms with van der Waals surface area (Å²) in [6.45, 7) is 3.97. The summed E-state index contributed by atoms with van der Waals surface area (Å²) in [5.74, 6) is 0.732. The van der Waals surface area contributed by atoms with Gasteiger partial charge < -0.3 is 9.84 Å². The molecular weight excluding hydrogens is 256 g/mol. The molecule has 1 N–H and O–H groups in total. The Kier molecular flexibility index (Phi) is 4.53. The third-order valence-electron chi connectivity index (χ3n) is 2.91. The van der Waals surface area contributed by atoms with Crippen LogP contribution in [0.25, 0.3) is 0 Å². The molecule has 5 heteroatoms. The van der Waals surface area contributed by atoms with Gasteiger partial charge in [0.05, 0.1) is 12.2 Å². The Morgan fingerprint density at radius 3 is 2.75 bits per heavy atom. The molecule has 0 aliphatic heterocycles. The van der Waals surface area contributed by atoms with E-state index in [0.717, 1.165) is 17.0 Å². The zero-order valence-corrected chi connectivity index (χ0v) is 11.6. The lowest BCUT2D eigenvalue weighted by Crippen LogP contribution is -2.31. The van der Waals surface area contributed by atoms with Gasteiger partial charge in [-0.15, -0.1) is 0 Å². The highest BCUT2D eigenvalue weighted by Crippen LogP contribution is 2.16. The maximum Gasteiger partial charge on any atom is 0.266 e. The molecule has 20 heavy (non-hydrogen) atoms. The molecule has 0 bridgehead atoms. The third-order valence-corrected chi connectivity index (χ3v) is 2.91. The SMILES string of the molecule is Cc1ccc(=O)n(CC(O)COc2ccccc2C)n1. The summed E-state index contributed by atoms with van der Waals surface area (Å²) in [5, 5.41) is 14.0. The van der Waals surface area contributed by atoms with Crippen molar-refractivity contribution in [1.82, 2.24) is 9.78 Å². The van der Waals surface area contributed by atoms with E-state index >= 15 is 0 Å². The first-order valence-corrected chi connectivity index (χ1v) is 6.47. The number of hydrogen-bond donors (Lipinski definition) is 1. The molecule has 5 nitrogen and oxygen atoms in total. The molecule has 1 heterocycles. The Morgan fingerprint density at radius 1 is 1.25 bits per heavy atom. The molecule has 0 fully saturated rings. The van der Waals surface area contributed by atoms with Gasteiger partial charge in [-0.05, 0) is 31.5 Å². The first kappa shape index (κ1) is 14.3.